The number of rotatable bonds is 1. The summed E-state index contributed by atoms with van der Waals surface area (Å²) in [6, 6.07) is 7.26. The van der Waals surface area contributed by atoms with Crippen LogP contribution >= 0.6 is 0 Å². The molecule has 16 heavy (non-hydrogen) atoms. The molecule has 1 aliphatic heterocycles. The fourth-order valence-corrected chi connectivity index (χ4v) is 2.15. The van der Waals surface area contributed by atoms with E-state index < -0.39 is 11.4 Å². The maximum Gasteiger partial charge on any atom is 0.325 e. The lowest BCUT2D eigenvalue weighted by Crippen LogP contribution is -2.43. The summed E-state index contributed by atoms with van der Waals surface area (Å²) in [6.07, 6.45) is 0. The van der Waals surface area contributed by atoms with Crippen molar-refractivity contribution < 1.29 is 14.3 Å². The van der Waals surface area contributed by atoms with Crippen molar-refractivity contribution in [3.63, 3.8) is 0 Å². The van der Waals surface area contributed by atoms with Gasteiger partial charge in [0.15, 0.2) is 5.41 Å². The third-order valence-electron chi connectivity index (χ3n) is 3.13. The van der Waals surface area contributed by atoms with Crippen molar-refractivity contribution in [2.24, 2.45) is 0 Å². The molecule has 2 rings (SSSR count). The highest BCUT2D eigenvalue weighted by Gasteiger charge is 2.52. The number of nitrogens with zero attached hydrogens (tertiary/aromatic N) is 1. The Bertz CT molecular complexity index is 469. The molecule has 1 amide bonds. The Morgan fingerprint density at radius 2 is 2.00 bits per heavy atom. The minimum atomic E-state index is -1.21. The van der Waals surface area contributed by atoms with Gasteiger partial charge >= 0.3 is 5.97 Å². The second-order valence-corrected chi connectivity index (χ2v) is 4.00. The Labute approximate surface area is 93.8 Å². The van der Waals surface area contributed by atoms with Crippen molar-refractivity contribution in [3.8, 4) is 0 Å². The van der Waals surface area contributed by atoms with Crippen LogP contribution in [-0.4, -0.2) is 26.0 Å². The summed E-state index contributed by atoms with van der Waals surface area (Å²) in [7, 11) is 2.96. The molecule has 0 aromatic heterocycles. The Morgan fingerprint density at radius 3 is 2.62 bits per heavy atom. The first-order valence-corrected chi connectivity index (χ1v) is 4.99. The van der Waals surface area contributed by atoms with Gasteiger partial charge in [0, 0.05) is 18.3 Å². The van der Waals surface area contributed by atoms with E-state index in [-0.39, 0.29) is 5.91 Å². The van der Waals surface area contributed by atoms with Gasteiger partial charge in [-0.25, -0.2) is 0 Å². The van der Waals surface area contributed by atoms with Crippen molar-refractivity contribution in [1.29, 1.82) is 0 Å². The Hall–Kier alpha value is -1.84. The lowest BCUT2D eigenvalue weighted by molar-refractivity contribution is -0.150. The van der Waals surface area contributed by atoms with Gasteiger partial charge in [-0.2, -0.15) is 0 Å². The normalized spacial score (nSPS) is 23.2. The van der Waals surface area contributed by atoms with E-state index in [0.29, 0.717) is 5.56 Å². The highest BCUT2D eigenvalue weighted by molar-refractivity contribution is 6.19. The molecule has 1 unspecified atom stereocenters. The van der Waals surface area contributed by atoms with Crippen LogP contribution in [0.15, 0.2) is 24.3 Å². The van der Waals surface area contributed by atoms with E-state index in [4.69, 9.17) is 4.74 Å². The first-order valence-electron chi connectivity index (χ1n) is 4.99. The van der Waals surface area contributed by atoms with Crippen molar-refractivity contribution >= 4 is 17.6 Å². The number of fused-ring (bicyclic) bond motifs is 1. The lowest BCUT2D eigenvalue weighted by atomic mass is 9.84. The molecule has 0 aliphatic carbocycles. The third kappa shape index (κ3) is 1.10. The molecule has 1 aliphatic rings. The molecular weight excluding hydrogens is 206 g/mol. The second-order valence-electron chi connectivity index (χ2n) is 4.00. The summed E-state index contributed by atoms with van der Waals surface area (Å²) >= 11 is 0. The number of anilines is 1. The molecule has 0 bridgehead atoms. The number of hydrogen-bond donors (Lipinski definition) is 0. The molecule has 84 valence electrons. The minimum Gasteiger partial charge on any atom is -0.468 e. The largest absolute Gasteiger partial charge is 0.468 e. The zero-order valence-electron chi connectivity index (χ0n) is 9.48. The van der Waals surface area contributed by atoms with Crippen molar-refractivity contribution in [2.75, 3.05) is 19.1 Å². The van der Waals surface area contributed by atoms with Gasteiger partial charge in [0.1, 0.15) is 0 Å². The smallest absolute Gasteiger partial charge is 0.325 e. The predicted octanol–water partition coefficient (Wildman–Crippen LogP) is 1.09. The van der Waals surface area contributed by atoms with Crippen molar-refractivity contribution in [2.45, 2.75) is 12.3 Å². The van der Waals surface area contributed by atoms with Gasteiger partial charge in [-0.3, -0.25) is 9.59 Å². The molecule has 4 heteroatoms. The Kier molecular flexibility index (Phi) is 2.22. The van der Waals surface area contributed by atoms with E-state index in [1.807, 2.05) is 18.2 Å². The molecule has 1 aromatic rings. The molecule has 1 aromatic carbocycles. The summed E-state index contributed by atoms with van der Waals surface area (Å²) < 4.78 is 4.73. The number of ether oxygens (including phenoxy) is 1. The molecule has 1 heterocycles. The van der Waals surface area contributed by atoms with Gasteiger partial charge in [-0.05, 0) is 13.0 Å². The monoisotopic (exact) mass is 219 g/mol. The van der Waals surface area contributed by atoms with E-state index in [1.165, 1.54) is 12.0 Å². The quantitative estimate of drug-likeness (QED) is 0.524. The topological polar surface area (TPSA) is 46.6 Å². The zero-order valence-corrected chi connectivity index (χ0v) is 9.48. The molecule has 0 radical (unpaired) electrons. The van der Waals surface area contributed by atoms with Crippen LogP contribution < -0.4 is 4.90 Å². The van der Waals surface area contributed by atoms with Crippen molar-refractivity contribution in [1.82, 2.24) is 0 Å². The van der Waals surface area contributed by atoms with E-state index in [1.54, 1.807) is 20.0 Å². The molecule has 0 fully saturated rings. The van der Waals surface area contributed by atoms with E-state index in [9.17, 15) is 9.59 Å². The van der Waals surface area contributed by atoms with Crippen LogP contribution in [0.5, 0.6) is 0 Å². The number of likely N-dealkylation sites (N-methyl/N-ethyl adjacent to an activating group) is 1. The van der Waals surface area contributed by atoms with Gasteiger partial charge < -0.3 is 9.64 Å². The SMILES string of the molecule is COC(=O)C1(C)C(=O)N(C)c2ccccc21. The van der Waals surface area contributed by atoms with Gasteiger partial charge in [0.05, 0.1) is 7.11 Å². The number of benzene rings is 1. The van der Waals surface area contributed by atoms with Gasteiger partial charge in [-0.1, -0.05) is 18.2 Å². The molecule has 0 saturated carbocycles. The summed E-state index contributed by atoms with van der Waals surface area (Å²) in [6.45, 7) is 1.60. The Balaban J connectivity index is 2.65. The highest BCUT2D eigenvalue weighted by atomic mass is 16.5. The molecule has 0 saturated heterocycles. The van der Waals surface area contributed by atoms with Crippen LogP contribution in [0.3, 0.4) is 0 Å². The number of methoxy groups -OCH3 is 1. The summed E-state index contributed by atoms with van der Waals surface area (Å²) in [4.78, 5) is 25.4. The second kappa shape index (κ2) is 3.33. The first kappa shape index (κ1) is 10.7. The van der Waals surface area contributed by atoms with Crippen LogP contribution in [0.2, 0.25) is 0 Å². The molecular formula is C12H13NO3. The zero-order chi connectivity index (χ0) is 11.9. The lowest BCUT2D eigenvalue weighted by Gasteiger charge is -2.19. The van der Waals surface area contributed by atoms with Gasteiger partial charge in [-0.15, -0.1) is 0 Å². The maximum atomic E-state index is 12.1. The first-order chi connectivity index (χ1) is 7.53. The van der Waals surface area contributed by atoms with Gasteiger partial charge in [0.2, 0.25) is 5.91 Å². The summed E-state index contributed by atoms with van der Waals surface area (Å²) in [5.74, 6) is -0.769. The van der Waals surface area contributed by atoms with Crippen molar-refractivity contribution in [3.05, 3.63) is 29.8 Å². The highest BCUT2D eigenvalue weighted by Crippen LogP contribution is 2.41. The molecule has 4 nitrogen and oxygen atoms in total. The van der Waals surface area contributed by atoms with Crippen LogP contribution in [0.1, 0.15) is 12.5 Å². The van der Waals surface area contributed by atoms with Crippen LogP contribution in [0.25, 0.3) is 0 Å². The van der Waals surface area contributed by atoms with Crippen LogP contribution in [-0.2, 0) is 19.7 Å². The summed E-state index contributed by atoms with van der Waals surface area (Å²) in [5.41, 5.74) is 0.259. The van der Waals surface area contributed by atoms with E-state index in [0.717, 1.165) is 5.69 Å². The standard InChI is InChI=1S/C12H13NO3/c1-12(11(15)16-3)8-6-4-5-7-9(8)13(2)10(12)14/h4-7H,1-3H3. The number of amides is 1. The third-order valence-corrected chi connectivity index (χ3v) is 3.13. The molecule has 1 atom stereocenters. The number of hydrogen-bond acceptors (Lipinski definition) is 3. The van der Waals surface area contributed by atoms with E-state index >= 15 is 0 Å². The van der Waals surface area contributed by atoms with Gasteiger partial charge in [0.25, 0.3) is 0 Å². The van der Waals surface area contributed by atoms with E-state index in [2.05, 4.69) is 0 Å². The molecule has 0 N–H and O–H groups in total. The average Bonchev–Trinajstić information content (AvgIpc) is 2.52. The van der Waals surface area contributed by atoms with Crippen LogP contribution in [0.4, 0.5) is 5.69 Å². The fourth-order valence-electron chi connectivity index (χ4n) is 2.15. The number of carbonyl (C=O) groups is 2. The summed E-state index contributed by atoms with van der Waals surface area (Å²) in [5, 5.41) is 0. The predicted molar refractivity (Wildman–Crippen MR) is 59.2 cm³/mol. The minimum absolute atomic E-state index is 0.249. The molecule has 0 spiro atoms. The number of esters is 1. The average molecular weight is 219 g/mol. The van der Waals surface area contributed by atoms with Crippen LogP contribution in [0, 0.1) is 0 Å². The fraction of sp³-hybridized carbons (Fsp3) is 0.333. The Morgan fingerprint density at radius 1 is 1.38 bits per heavy atom. The maximum absolute atomic E-state index is 12.1. The number of para-hydroxylation sites is 1. The number of carbonyl (C=O) groups excluding carboxylic acids is 2.